The maximum atomic E-state index is 12.0. The van der Waals surface area contributed by atoms with Gasteiger partial charge in [0.05, 0.1) is 15.5 Å². The van der Waals surface area contributed by atoms with Gasteiger partial charge in [-0.1, -0.05) is 11.6 Å². The number of hydrogen-bond acceptors (Lipinski definition) is 3. The molecule has 0 spiro atoms. The lowest BCUT2D eigenvalue weighted by Gasteiger charge is -2.16. The van der Waals surface area contributed by atoms with Gasteiger partial charge in [0.25, 0.3) is 15.0 Å². The Kier molecular flexibility index (Phi) is 5.05. The third-order valence-corrected chi connectivity index (χ3v) is 4.93. The summed E-state index contributed by atoms with van der Waals surface area (Å²) in [6.07, 6.45) is 0. The second-order valence-electron chi connectivity index (χ2n) is 3.52. The first kappa shape index (κ1) is 15.8. The summed E-state index contributed by atoms with van der Waals surface area (Å²) >= 11 is 9.08. The van der Waals surface area contributed by atoms with Gasteiger partial charge in [-0.3, -0.25) is 4.79 Å². The molecule has 0 unspecified atom stereocenters. The highest BCUT2D eigenvalue weighted by Gasteiger charge is 2.21. The lowest BCUT2D eigenvalue weighted by atomic mass is 10.2. The van der Waals surface area contributed by atoms with Gasteiger partial charge in [0.1, 0.15) is 0 Å². The third kappa shape index (κ3) is 3.38. The Hall–Kier alpha value is -0.300. The van der Waals surface area contributed by atoms with Crippen molar-refractivity contribution >= 4 is 53.2 Å². The van der Waals surface area contributed by atoms with Gasteiger partial charge in [0.15, 0.2) is 0 Å². The van der Waals surface area contributed by atoms with Crippen LogP contribution in [0, 0.1) is 0 Å². The zero-order valence-electron chi connectivity index (χ0n) is 9.58. The number of rotatable bonds is 3. The van der Waals surface area contributed by atoms with Crippen LogP contribution in [0.2, 0.25) is 5.02 Å². The summed E-state index contributed by atoms with van der Waals surface area (Å²) in [5.41, 5.74) is 0.0922. The minimum Gasteiger partial charge on any atom is -0.342 e. The standard InChI is InChI=1S/C10H10BrCl2NO3S/c1-3-14(2)10(15)7-4-6(18(13,16)17)5-8(11)9(7)12/h4-5H,3H2,1-2H3. The molecule has 0 saturated heterocycles. The van der Waals surface area contributed by atoms with E-state index >= 15 is 0 Å². The molecule has 0 fully saturated rings. The Morgan fingerprint density at radius 1 is 1.44 bits per heavy atom. The van der Waals surface area contributed by atoms with Crippen molar-refractivity contribution in [1.29, 1.82) is 0 Å². The van der Waals surface area contributed by atoms with Crippen molar-refractivity contribution in [2.24, 2.45) is 0 Å². The summed E-state index contributed by atoms with van der Waals surface area (Å²) in [6, 6.07) is 2.43. The summed E-state index contributed by atoms with van der Waals surface area (Å²) in [6.45, 7) is 2.27. The van der Waals surface area contributed by atoms with Crippen molar-refractivity contribution in [3.63, 3.8) is 0 Å². The van der Waals surface area contributed by atoms with E-state index < -0.39 is 9.05 Å². The van der Waals surface area contributed by atoms with Crippen molar-refractivity contribution in [3.8, 4) is 0 Å². The van der Waals surface area contributed by atoms with Crippen LogP contribution in [0.3, 0.4) is 0 Å². The zero-order valence-corrected chi connectivity index (χ0v) is 13.5. The Labute approximate surface area is 123 Å². The van der Waals surface area contributed by atoms with Crippen molar-refractivity contribution < 1.29 is 13.2 Å². The molecule has 1 aromatic carbocycles. The van der Waals surface area contributed by atoms with Crippen LogP contribution in [0.15, 0.2) is 21.5 Å². The van der Waals surface area contributed by atoms with E-state index in [1.807, 2.05) is 0 Å². The summed E-state index contributed by atoms with van der Waals surface area (Å²) in [7, 11) is 2.93. The Morgan fingerprint density at radius 3 is 2.44 bits per heavy atom. The monoisotopic (exact) mass is 373 g/mol. The number of nitrogens with zero attached hydrogens (tertiary/aromatic N) is 1. The van der Waals surface area contributed by atoms with Crippen LogP contribution in [0.4, 0.5) is 0 Å². The van der Waals surface area contributed by atoms with E-state index in [0.717, 1.165) is 0 Å². The summed E-state index contributed by atoms with van der Waals surface area (Å²) in [5.74, 6) is -0.370. The smallest absolute Gasteiger partial charge is 0.261 e. The van der Waals surface area contributed by atoms with Gasteiger partial charge in [-0.05, 0) is 35.0 Å². The molecule has 0 saturated carbocycles. The molecule has 18 heavy (non-hydrogen) atoms. The number of carbonyl (C=O) groups excluding carboxylic acids is 1. The molecule has 0 aliphatic rings. The molecule has 0 aromatic heterocycles. The van der Waals surface area contributed by atoms with Gasteiger partial charge in [-0.25, -0.2) is 8.42 Å². The minimum absolute atomic E-state index is 0.0922. The van der Waals surface area contributed by atoms with E-state index in [2.05, 4.69) is 15.9 Å². The molecular weight excluding hydrogens is 365 g/mol. The van der Waals surface area contributed by atoms with Gasteiger partial charge in [-0.2, -0.15) is 0 Å². The Balaban J connectivity index is 3.45. The average molecular weight is 375 g/mol. The predicted molar refractivity (Wildman–Crippen MR) is 74.8 cm³/mol. The van der Waals surface area contributed by atoms with Crippen LogP contribution in [0.25, 0.3) is 0 Å². The average Bonchev–Trinajstić information content (AvgIpc) is 2.29. The van der Waals surface area contributed by atoms with Crippen LogP contribution in [-0.4, -0.2) is 32.8 Å². The van der Waals surface area contributed by atoms with E-state index in [9.17, 15) is 13.2 Å². The molecule has 0 N–H and O–H groups in total. The summed E-state index contributed by atoms with van der Waals surface area (Å²) in [5, 5.41) is 0.157. The Morgan fingerprint density at radius 2 is 2.00 bits per heavy atom. The summed E-state index contributed by atoms with van der Waals surface area (Å²) < 4.78 is 22.9. The highest BCUT2D eigenvalue weighted by atomic mass is 79.9. The van der Waals surface area contributed by atoms with E-state index in [0.29, 0.717) is 11.0 Å². The van der Waals surface area contributed by atoms with Crippen molar-refractivity contribution in [3.05, 3.63) is 27.2 Å². The minimum atomic E-state index is -3.92. The van der Waals surface area contributed by atoms with E-state index in [-0.39, 0.29) is 21.4 Å². The Bertz CT molecular complexity index is 589. The van der Waals surface area contributed by atoms with Crippen LogP contribution < -0.4 is 0 Å². The molecular formula is C10H10BrCl2NO3S. The molecule has 4 nitrogen and oxygen atoms in total. The van der Waals surface area contributed by atoms with Crippen LogP contribution in [-0.2, 0) is 9.05 Å². The molecule has 100 valence electrons. The topological polar surface area (TPSA) is 54.5 Å². The third-order valence-electron chi connectivity index (χ3n) is 2.33. The first-order valence-electron chi connectivity index (χ1n) is 4.87. The number of hydrogen-bond donors (Lipinski definition) is 0. The molecule has 1 amide bonds. The van der Waals surface area contributed by atoms with Gasteiger partial charge in [0, 0.05) is 28.7 Å². The van der Waals surface area contributed by atoms with Crippen LogP contribution in [0.5, 0.6) is 0 Å². The molecule has 8 heteroatoms. The van der Waals surface area contributed by atoms with E-state index in [1.165, 1.54) is 17.0 Å². The lowest BCUT2D eigenvalue weighted by Crippen LogP contribution is -2.26. The van der Waals surface area contributed by atoms with Crippen LogP contribution in [0.1, 0.15) is 17.3 Å². The number of halogens is 3. The van der Waals surface area contributed by atoms with E-state index in [4.69, 9.17) is 22.3 Å². The van der Waals surface area contributed by atoms with E-state index in [1.54, 1.807) is 14.0 Å². The SMILES string of the molecule is CCN(C)C(=O)c1cc(S(=O)(=O)Cl)cc(Br)c1Cl. The van der Waals surface area contributed by atoms with Gasteiger partial charge in [-0.15, -0.1) is 0 Å². The van der Waals surface area contributed by atoms with Gasteiger partial charge in [0.2, 0.25) is 0 Å². The normalized spacial score (nSPS) is 11.4. The fourth-order valence-corrected chi connectivity index (χ4v) is 2.80. The molecule has 0 aliphatic heterocycles. The second kappa shape index (κ2) is 5.77. The molecule has 1 aromatic rings. The number of benzene rings is 1. The number of carbonyl (C=O) groups is 1. The van der Waals surface area contributed by atoms with Crippen molar-refractivity contribution in [1.82, 2.24) is 4.90 Å². The largest absolute Gasteiger partial charge is 0.342 e. The van der Waals surface area contributed by atoms with Gasteiger partial charge < -0.3 is 4.90 Å². The fourth-order valence-electron chi connectivity index (χ4n) is 1.21. The zero-order chi connectivity index (χ0) is 14.1. The highest BCUT2D eigenvalue weighted by molar-refractivity contribution is 9.10. The molecule has 0 bridgehead atoms. The first-order chi connectivity index (χ1) is 8.18. The molecule has 0 heterocycles. The maximum Gasteiger partial charge on any atom is 0.261 e. The van der Waals surface area contributed by atoms with Gasteiger partial charge >= 0.3 is 0 Å². The number of amides is 1. The lowest BCUT2D eigenvalue weighted by molar-refractivity contribution is 0.0802. The predicted octanol–water partition coefficient (Wildman–Crippen LogP) is 3.12. The fraction of sp³-hybridized carbons (Fsp3) is 0.300. The maximum absolute atomic E-state index is 12.0. The quantitative estimate of drug-likeness (QED) is 0.763. The first-order valence-corrected chi connectivity index (χ1v) is 8.35. The second-order valence-corrected chi connectivity index (χ2v) is 7.32. The summed E-state index contributed by atoms with van der Waals surface area (Å²) in [4.78, 5) is 13.3. The molecule has 0 atom stereocenters. The molecule has 0 radical (unpaired) electrons. The van der Waals surface area contributed by atoms with Crippen molar-refractivity contribution in [2.45, 2.75) is 11.8 Å². The van der Waals surface area contributed by atoms with Crippen LogP contribution >= 0.6 is 38.2 Å². The molecule has 0 aliphatic carbocycles. The molecule has 1 rings (SSSR count). The van der Waals surface area contributed by atoms with Crippen molar-refractivity contribution in [2.75, 3.05) is 13.6 Å². The highest BCUT2D eigenvalue weighted by Crippen LogP contribution is 2.31.